The van der Waals surface area contributed by atoms with Crippen molar-refractivity contribution in [2.24, 2.45) is 0 Å². The zero-order valence-electron chi connectivity index (χ0n) is 10.6. The van der Waals surface area contributed by atoms with Crippen LogP contribution in [0.3, 0.4) is 0 Å². The van der Waals surface area contributed by atoms with Gasteiger partial charge in [0, 0.05) is 0 Å². The molecule has 17 heavy (non-hydrogen) atoms. The third-order valence-electron chi connectivity index (χ3n) is 2.65. The van der Waals surface area contributed by atoms with E-state index in [0.717, 1.165) is 18.5 Å². The molecular formula is C13H20N2O2. The zero-order chi connectivity index (χ0) is 12.5. The molecule has 1 aromatic heterocycles. The van der Waals surface area contributed by atoms with Gasteiger partial charge in [-0.25, -0.2) is 4.79 Å². The molecule has 0 radical (unpaired) electrons. The fraction of sp³-hybridized carbons (Fsp3) is 0.615. The first-order valence-corrected chi connectivity index (χ1v) is 6.19. The van der Waals surface area contributed by atoms with E-state index in [1.807, 2.05) is 6.07 Å². The molecule has 94 valence electrons. The molecule has 1 heterocycles. The summed E-state index contributed by atoms with van der Waals surface area (Å²) >= 11 is 0. The molecule has 0 aliphatic rings. The van der Waals surface area contributed by atoms with E-state index in [-0.39, 0.29) is 5.69 Å². The summed E-state index contributed by atoms with van der Waals surface area (Å²) in [6, 6.07) is 3.51. The van der Waals surface area contributed by atoms with Crippen molar-refractivity contribution in [1.82, 2.24) is 10.2 Å². The Morgan fingerprint density at radius 2 is 1.94 bits per heavy atom. The van der Waals surface area contributed by atoms with Crippen LogP contribution in [0.5, 0.6) is 0 Å². The number of methoxy groups -OCH3 is 1. The van der Waals surface area contributed by atoms with Gasteiger partial charge < -0.3 is 4.74 Å². The number of rotatable bonds is 7. The van der Waals surface area contributed by atoms with E-state index in [9.17, 15) is 4.79 Å². The van der Waals surface area contributed by atoms with Crippen LogP contribution in [0.15, 0.2) is 12.1 Å². The molecule has 1 rings (SSSR count). The number of hydrogen-bond acceptors (Lipinski definition) is 4. The van der Waals surface area contributed by atoms with Crippen molar-refractivity contribution in [1.29, 1.82) is 0 Å². The standard InChI is InChI=1S/C13H20N2O2/c1-3-4-5-6-7-8-11-9-10-12(15-14-11)13(16)17-2/h9-10H,3-8H2,1-2H3. The first-order valence-electron chi connectivity index (χ1n) is 6.19. The predicted octanol–water partition coefficient (Wildman–Crippen LogP) is 2.78. The van der Waals surface area contributed by atoms with E-state index in [1.54, 1.807) is 6.07 Å². The highest BCUT2D eigenvalue weighted by Crippen LogP contribution is 2.07. The second kappa shape index (κ2) is 7.76. The lowest BCUT2D eigenvalue weighted by Crippen LogP contribution is -2.06. The molecule has 0 saturated heterocycles. The van der Waals surface area contributed by atoms with Gasteiger partial charge in [0.1, 0.15) is 0 Å². The second-order valence-corrected chi connectivity index (χ2v) is 4.07. The minimum absolute atomic E-state index is 0.266. The number of aromatic nitrogens is 2. The third kappa shape index (κ3) is 4.93. The third-order valence-corrected chi connectivity index (χ3v) is 2.65. The van der Waals surface area contributed by atoms with Crippen LogP contribution < -0.4 is 0 Å². The fourth-order valence-electron chi connectivity index (χ4n) is 1.62. The van der Waals surface area contributed by atoms with Gasteiger partial charge in [0.15, 0.2) is 5.69 Å². The Labute approximate surface area is 102 Å². The summed E-state index contributed by atoms with van der Waals surface area (Å²) in [6.07, 6.45) is 7.13. The molecule has 0 amide bonds. The first kappa shape index (κ1) is 13.6. The minimum Gasteiger partial charge on any atom is -0.464 e. The van der Waals surface area contributed by atoms with Crippen molar-refractivity contribution < 1.29 is 9.53 Å². The maximum atomic E-state index is 11.1. The highest BCUT2D eigenvalue weighted by molar-refractivity contribution is 5.86. The summed E-state index contributed by atoms with van der Waals surface area (Å²) in [7, 11) is 1.34. The van der Waals surface area contributed by atoms with Crippen molar-refractivity contribution >= 4 is 5.97 Å². The molecule has 0 unspecified atom stereocenters. The highest BCUT2D eigenvalue weighted by Gasteiger charge is 2.07. The summed E-state index contributed by atoms with van der Waals surface area (Å²) in [5.74, 6) is -0.438. The average molecular weight is 236 g/mol. The molecule has 0 saturated carbocycles. The molecule has 4 heteroatoms. The molecule has 4 nitrogen and oxygen atoms in total. The van der Waals surface area contributed by atoms with E-state index in [2.05, 4.69) is 21.9 Å². The molecule has 0 aliphatic carbocycles. The molecule has 0 bridgehead atoms. The van der Waals surface area contributed by atoms with Crippen LogP contribution in [0.2, 0.25) is 0 Å². The van der Waals surface area contributed by atoms with Crippen LogP contribution in [0.1, 0.15) is 55.2 Å². The molecule has 0 aliphatic heterocycles. The minimum atomic E-state index is -0.438. The van der Waals surface area contributed by atoms with E-state index < -0.39 is 5.97 Å². The number of ether oxygens (including phenoxy) is 1. The number of nitrogens with zero attached hydrogens (tertiary/aromatic N) is 2. The van der Waals surface area contributed by atoms with E-state index >= 15 is 0 Å². The van der Waals surface area contributed by atoms with Crippen LogP contribution in [0, 0.1) is 0 Å². The molecule has 0 N–H and O–H groups in total. The Bertz CT molecular complexity index is 336. The molecular weight excluding hydrogens is 216 g/mol. The summed E-state index contributed by atoms with van der Waals surface area (Å²) in [6.45, 7) is 2.21. The predicted molar refractivity (Wildman–Crippen MR) is 65.8 cm³/mol. The van der Waals surface area contributed by atoms with Crippen LogP contribution in [-0.4, -0.2) is 23.3 Å². The van der Waals surface area contributed by atoms with Crippen molar-refractivity contribution in [3.8, 4) is 0 Å². The zero-order valence-corrected chi connectivity index (χ0v) is 10.6. The molecule has 1 aromatic rings. The van der Waals surface area contributed by atoms with E-state index in [1.165, 1.54) is 32.8 Å². The van der Waals surface area contributed by atoms with Gasteiger partial charge in [0.2, 0.25) is 0 Å². The topological polar surface area (TPSA) is 52.1 Å². The summed E-state index contributed by atoms with van der Waals surface area (Å²) < 4.78 is 4.56. The SMILES string of the molecule is CCCCCCCc1ccc(C(=O)OC)nn1. The van der Waals surface area contributed by atoms with Gasteiger partial charge in [-0.15, -0.1) is 5.10 Å². The first-order chi connectivity index (χ1) is 8.27. The Balaban J connectivity index is 2.33. The normalized spacial score (nSPS) is 10.2. The quantitative estimate of drug-likeness (QED) is 0.539. The van der Waals surface area contributed by atoms with Gasteiger partial charge in [-0.1, -0.05) is 32.6 Å². The second-order valence-electron chi connectivity index (χ2n) is 4.07. The number of esters is 1. The van der Waals surface area contributed by atoms with Crippen LogP contribution >= 0.6 is 0 Å². The Morgan fingerprint density at radius 1 is 1.18 bits per heavy atom. The number of aryl methyl sites for hydroxylation is 1. The summed E-state index contributed by atoms with van der Waals surface area (Å²) in [5.41, 5.74) is 1.20. The lowest BCUT2D eigenvalue weighted by molar-refractivity contribution is 0.0592. The number of carbonyl (C=O) groups excluding carboxylic acids is 1. The van der Waals surface area contributed by atoms with Crippen molar-refractivity contribution in [2.75, 3.05) is 7.11 Å². The van der Waals surface area contributed by atoms with Gasteiger partial charge >= 0.3 is 5.97 Å². The highest BCUT2D eigenvalue weighted by atomic mass is 16.5. The van der Waals surface area contributed by atoms with Gasteiger partial charge in [0.05, 0.1) is 12.8 Å². The monoisotopic (exact) mass is 236 g/mol. The van der Waals surface area contributed by atoms with E-state index in [0.29, 0.717) is 0 Å². The van der Waals surface area contributed by atoms with Crippen LogP contribution in [0.25, 0.3) is 0 Å². The maximum absolute atomic E-state index is 11.1. The number of carbonyl (C=O) groups is 1. The van der Waals surface area contributed by atoms with Gasteiger partial charge in [-0.2, -0.15) is 5.10 Å². The van der Waals surface area contributed by atoms with Crippen molar-refractivity contribution in [3.05, 3.63) is 23.5 Å². The summed E-state index contributed by atoms with van der Waals surface area (Å²) in [5, 5.41) is 7.85. The maximum Gasteiger partial charge on any atom is 0.358 e. The Hall–Kier alpha value is -1.45. The van der Waals surface area contributed by atoms with Crippen molar-refractivity contribution in [3.63, 3.8) is 0 Å². The smallest absolute Gasteiger partial charge is 0.358 e. The average Bonchev–Trinajstić information content (AvgIpc) is 2.38. The molecule has 0 aromatic carbocycles. The largest absolute Gasteiger partial charge is 0.464 e. The Kier molecular flexibility index (Phi) is 6.22. The molecule has 0 atom stereocenters. The molecule has 0 spiro atoms. The van der Waals surface area contributed by atoms with Gasteiger partial charge in [-0.05, 0) is 25.0 Å². The lowest BCUT2D eigenvalue weighted by atomic mass is 10.1. The van der Waals surface area contributed by atoms with Crippen molar-refractivity contribution in [2.45, 2.75) is 45.4 Å². The lowest BCUT2D eigenvalue weighted by Gasteiger charge is -2.01. The summed E-state index contributed by atoms with van der Waals surface area (Å²) in [4.78, 5) is 11.1. The number of hydrogen-bond donors (Lipinski definition) is 0. The van der Waals surface area contributed by atoms with Crippen LogP contribution in [0.4, 0.5) is 0 Å². The van der Waals surface area contributed by atoms with Gasteiger partial charge in [-0.3, -0.25) is 0 Å². The molecule has 0 fully saturated rings. The Morgan fingerprint density at radius 3 is 2.53 bits per heavy atom. The van der Waals surface area contributed by atoms with Gasteiger partial charge in [0.25, 0.3) is 0 Å². The fourth-order valence-corrected chi connectivity index (χ4v) is 1.62. The van der Waals surface area contributed by atoms with Crippen LogP contribution in [-0.2, 0) is 11.2 Å². The number of unbranched alkanes of at least 4 members (excludes halogenated alkanes) is 4. The van der Waals surface area contributed by atoms with E-state index in [4.69, 9.17) is 0 Å².